The van der Waals surface area contributed by atoms with Crippen molar-refractivity contribution in [3.63, 3.8) is 0 Å². The van der Waals surface area contributed by atoms with Crippen molar-refractivity contribution in [3.8, 4) is 11.5 Å². The van der Waals surface area contributed by atoms with Gasteiger partial charge in [0.25, 0.3) is 5.56 Å². The third-order valence-electron chi connectivity index (χ3n) is 2.72. The normalized spacial score (nSPS) is 14.1. The molecule has 0 radical (unpaired) electrons. The Kier molecular flexibility index (Phi) is 3.33. The first kappa shape index (κ1) is 12.7. The standard InChI is InChI=1S/C13H16BrNOSi/c1-17(2,3)8-6-10-9-11(14)12-5-4-7-15(12)13(10)16/h9H,4-5,7H2,1-3H3. The van der Waals surface area contributed by atoms with Crippen LogP contribution in [0.15, 0.2) is 15.3 Å². The molecular weight excluding hydrogens is 294 g/mol. The summed E-state index contributed by atoms with van der Waals surface area (Å²) in [6.07, 6.45) is 2.04. The van der Waals surface area contributed by atoms with Crippen LogP contribution in [0.3, 0.4) is 0 Å². The van der Waals surface area contributed by atoms with Gasteiger partial charge in [-0.3, -0.25) is 4.79 Å². The Labute approximate surface area is 111 Å². The van der Waals surface area contributed by atoms with Gasteiger partial charge in [0.15, 0.2) is 0 Å². The van der Waals surface area contributed by atoms with E-state index in [0.29, 0.717) is 5.56 Å². The molecule has 0 amide bonds. The van der Waals surface area contributed by atoms with Crippen LogP contribution in [0.5, 0.6) is 0 Å². The maximum absolute atomic E-state index is 12.2. The van der Waals surface area contributed by atoms with Crippen LogP contribution in [0.4, 0.5) is 0 Å². The molecule has 0 spiro atoms. The van der Waals surface area contributed by atoms with Crippen LogP contribution in [0.1, 0.15) is 17.7 Å². The second-order valence-corrected chi connectivity index (χ2v) is 11.0. The van der Waals surface area contributed by atoms with Crippen LogP contribution >= 0.6 is 15.9 Å². The Bertz CT molecular complexity index is 572. The van der Waals surface area contributed by atoms with Gasteiger partial charge in [0, 0.05) is 16.7 Å². The van der Waals surface area contributed by atoms with E-state index in [1.165, 1.54) is 0 Å². The molecule has 2 rings (SSSR count). The molecule has 0 aromatic carbocycles. The summed E-state index contributed by atoms with van der Waals surface area (Å²) in [5, 5.41) is 0. The zero-order valence-electron chi connectivity index (χ0n) is 10.4. The largest absolute Gasteiger partial charge is 0.310 e. The Morgan fingerprint density at radius 1 is 1.41 bits per heavy atom. The highest BCUT2D eigenvalue weighted by atomic mass is 79.9. The smallest absolute Gasteiger partial charge is 0.266 e. The maximum Gasteiger partial charge on any atom is 0.266 e. The number of halogens is 1. The fourth-order valence-corrected chi connectivity index (χ4v) is 3.06. The van der Waals surface area contributed by atoms with Gasteiger partial charge in [0.05, 0.1) is 5.56 Å². The molecule has 17 heavy (non-hydrogen) atoms. The van der Waals surface area contributed by atoms with Gasteiger partial charge in [-0.25, -0.2) is 0 Å². The molecule has 1 aliphatic rings. The Morgan fingerprint density at radius 3 is 2.76 bits per heavy atom. The summed E-state index contributed by atoms with van der Waals surface area (Å²) in [6.45, 7) is 7.37. The average Bonchev–Trinajstić information content (AvgIpc) is 2.69. The van der Waals surface area contributed by atoms with E-state index in [2.05, 4.69) is 47.0 Å². The quantitative estimate of drug-likeness (QED) is 0.533. The molecule has 0 fully saturated rings. The van der Waals surface area contributed by atoms with Crippen molar-refractivity contribution < 1.29 is 0 Å². The van der Waals surface area contributed by atoms with Crippen molar-refractivity contribution in [3.05, 3.63) is 32.2 Å². The second-order valence-electron chi connectivity index (χ2n) is 5.41. The fourth-order valence-electron chi connectivity index (χ4n) is 1.91. The summed E-state index contributed by atoms with van der Waals surface area (Å²) in [6, 6.07) is 1.88. The molecule has 4 heteroatoms. The van der Waals surface area contributed by atoms with Crippen molar-refractivity contribution in [1.29, 1.82) is 0 Å². The van der Waals surface area contributed by atoms with Gasteiger partial charge in [-0.05, 0) is 34.8 Å². The fraction of sp³-hybridized carbons (Fsp3) is 0.462. The summed E-state index contributed by atoms with van der Waals surface area (Å²) in [5.74, 6) is 3.07. The molecule has 2 nitrogen and oxygen atoms in total. The Balaban J connectivity index is 2.54. The minimum atomic E-state index is -1.43. The molecule has 0 bridgehead atoms. The number of rotatable bonds is 0. The summed E-state index contributed by atoms with van der Waals surface area (Å²) in [5.41, 5.74) is 5.08. The van der Waals surface area contributed by atoms with Crippen LogP contribution in [0, 0.1) is 11.5 Å². The van der Waals surface area contributed by atoms with Crippen LogP contribution in [-0.4, -0.2) is 12.6 Å². The molecular formula is C13H16BrNOSi. The predicted octanol–water partition coefficient (Wildman–Crippen LogP) is 2.79. The Morgan fingerprint density at radius 2 is 2.12 bits per heavy atom. The van der Waals surface area contributed by atoms with E-state index in [-0.39, 0.29) is 5.56 Å². The number of fused-ring (bicyclic) bond motifs is 1. The van der Waals surface area contributed by atoms with E-state index in [1.807, 2.05) is 10.6 Å². The predicted molar refractivity (Wildman–Crippen MR) is 76.9 cm³/mol. The number of hydrogen-bond donors (Lipinski definition) is 0. The number of aromatic nitrogens is 1. The van der Waals surface area contributed by atoms with Crippen LogP contribution in [0.25, 0.3) is 0 Å². The highest BCUT2D eigenvalue weighted by Crippen LogP contribution is 2.22. The van der Waals surface area contributed by atoms with E-state index >= 15 is 0 Å². The number of hydrogen-bond acceptors (Lipinski definition) is 1. The molecule has 2 heterocycles. The number of pyridine rings is 1. The second kappa shape index (κ2) is 4.47. The molecule has 0 saturated heterocycles. The lowest BCUT2D eigenvalue weighted by Gasteiger charge is -2.07. The van der Waals surface area contributed by atoms with E-state index < -0.39 is 8.07 Å². The summed E-state index contributed by atoms with van der Waals surface area (Å²) < 4.78 is 2.88. The highest BCUT2D eigenvalue weighted by molar-refractivity contribution is 9.10. The van der Waals surface area contributed by atoms with E-state index in [1.54, 1.807) is 0 Å². The summed E-state index contributed by atoms with van der Waals surface area (Å²) in [4.78, 5) is 12.2. The van der Waals surface area contributed by atoms with Crippen molar-refractivity contribution in [2.75, 3.05) is 0 Å². The molecule has 90 valence electrons. The van der Waals surface area contributed by atoms with Crippen molar-refractivity contribution in [1.82, 2.24) is 4.57 Å². The molecule has 0 atom stereocenters. The molecule has 1 aromatic rings. The van der Waals surface area contributed by atoms with E-state index in [4.69, 9.17) is 0 Å². The molecule has 0 aliphatic carbocycles. The maximum atomic E-state index is 12.2. The lowest BCUT2D eigenvalue weighted by Crippen LogP contribution is -2.23. The SMILES string of the molecule is C[Si](C)(C)C#Cc1cc(Br)c2n(c1=O)CCC2. The van der Waals surface area contributed by atoms with Crippen LogP contribution in [-0.2, 0) is 13.0 Å². The summed E-state index contributed by atoms with van der Waals surface area (Å²) in [7, 11) is -1.43. The van der Waals surface area contributed by atoms with Gasteiger partial charge in [-0.2, -0.15) is 0 Å². The third kappa shape index (κ3) is 2.72. The molecule has 1 aliphatic heterocycles. The lowest BCUT2D eigenvalue weighted by molar-refractivity contribution is 0.718. The van der Waals surface area contributed by atoms with Crippen molar-refractivity contribution >= 4 is 24.0 Å². The van der Waals surface area contributed by atoms with Gasteiger partial charge in [0.1, 0.15) is 8.07 Å². The topological polar surface area (TPSA) is 22.0 Å². The van der Waals surface area contributed by atoms with Gasteiger partial charge in [0.2, 0.25) is 0 Å². The highest BCUT2D eigenvalue weighted by Gasteiger charge is 2.17. The average molecular weight is 310 g/mol. The monoisotopic (exact) mass is 309 g/mol. The van der Waals surface area contributed by atoms with Gasteiger partial charge in [-0.1, -0.05) is 25.6 Å². The van der Waals surface area contributed by atoms with Crippen molar-refractivity contribution in [2.24, 2.45) is 0 Å². The first-order valence-electron chi connectivity index (χ1n) is 5.84. The third-order valence-corrected chi connectivity index (χ3v) is 4.28. The van der Waals surface area contributed by atoms with Gasteiger partial charge in [-0.15, -0.1) is 5.54 Å². The van der Waals surface area contributed by atoms with E-state index in [9.17, 15) is 4.79 Å². The van der Waals surface area contributed by atoms with Crippen molar-refractivity contribution in [2.45, 2.75) is 39.0 Å². The van der Waals surface area contributed by atoms with Crippen LogP contribution in [0.2, 0.25) is 19.6 Å². The zero-order valence-corrected chi connectivity index (χ0v) is 13.0. The Hall–Kier alpha value is -0.793. The minimum absolute atomic E-state index is 0.0754. The summed E-state index contributed by atoms with van der Waals surface area (Å²) >= 11 is 3.54. The number of nitrogens with zero attached hydrogens (tertiary/aromatic N) is 1. The first-order valence-corrected chi connectivity index (χ1v) is 10.1. The van der Waals surface area contributed by atoms with Gasteiger partial charge >= 0.3 is 0 Å². The molecule has 0 saturated carbocycles. The molecule has 1 aromatic heterocycles. The minimum Gasteiger partial charge on any atom is -0.310 e. The molecule has 0 unspecified atom stereocenters. The van der Waals surface area contributed by atoms with Gasteiger partial charge < -0.3 is 4.57 Å². The first-order chi connectivity index (χ1) is 7.88. The lowest BCUT2D eigenvalue weighted by atomic mass is 10.2. The zero-order chi connectivity index (χ0) is 12.6. The van der Waals surface area contributed by atoms with Crippen LogP contribution < -0.4 is 5.56 Å². The molecule has 0 N–H and O–H groups in total. The van der Waals surface area contributed by atoms with E-state index in [0.717, 1.165) is 29.6 Å².